The lowest BCUT2D eigenvalue weighted by Gasteiger charge is -2.32. The summed E-state index contributed by atoms with van der Waals surface area (Å²) in [5.41, 5.74) is 0. The van der Waals surface area contributed by atoms with E-state index in [2.05, 4.69) is 34.6 Å². The quantitative estimate of drug-likeness (QED) is 0.641. The van der Waals surface area contributed by atoms with E-state index < -0.39 is 5.91 Å². The largest absolute Gasteiger partial charge is 0.353 e. The number of carbonyl (C=O) groups is 2. The number of thiophene rings is 1. The summed E-state index contributed by atoms with van der Waals surface area (Å²) in [5, 5.41) is 11.5. The van der Waals surface area contributed by atoms with Crippen LogP contribution < -0.4 is 10.6 Å². The van der Waals surface area contributed by atoms with Crippen molar-refractivity contribution in [3.05, 3.63) is 23.4 Å². The third-order valence-corrected chi connectivity index (χ3v) is 6.55. The van der Waals surface area contributed by atoms with Crippen molar-refractivity contribution in [3.8, 4) is 10.7 Å². The van der Waals surface area contributed by atoms with Crippen molar-refractivity contribution in [2.75, 3.05) is 6.54 Å². The molecule has 0 radical (unpaired) electrons. The molecule has 2 aromatic rings. The molecule has 0 aliphatic heterocycles. The second-order valence-corrected chi connectivity index (χ2v) is 8.80. The molecule has 0 saturated heterocycles. The van der Waals surface area contributed by atoms with Gasteiger partial charge in [0.2, 0.25) is 11.7 Å². The Bertz CT molecular complexity index is 782. The molecule has 0 aromatic carbocycles. The van der Waals surface area contributed by atoms with Crippen LogP contribution in [0.4, 0.5) is 0 Å². The van der Waals surface area contributed by atoms with Crippen molar-refractivity contribution >= 4 is 23.2 Å². The third-order valence-electron chi connectivity index (χ3n) is 5.69. The van der Waals surface area contributed by atoms with Crippen LogP contribution in [0, 0.1) is 11.8 Å². The summed E-state index contributed by atoms with van der Waals surface area (Å²) in [4.78, 5) is 29.2. The van der Waals surface area contributed by atoms with E-state index in [0.717, 1.165) is 29.6 Å². The molecule has 1 atom stereocenters. The zero-order valence-corrected chi connectivity index (χ0v) is 18.0. The summed E-state index contributed by atoms with van der Waals surface area (Å²) in [6.45, 7) is 4.83. The Labute approximate surface area is 175 Å². The SMILES string of the molecule is CCCC(C)C1CCC(NC(=O)CCNC(=O)c2nc(-c3cccs3)no2)CC1. The molecule has 1 unspecified atom stereocenters. The summed E-state index contributed by atoms with van der Waals surface area (Å²) in [6, 6.07) is 4.00. The van der Waals surface area contributed by atoms with Crippen molar-refractivity contribution < 1.29 is 14.1 Å². The van der Waals surface area contributed by atoms with Gasteiger partial charge in [-0.1, -0.05) is 37.9 Å². The standard InChI is InChI=1S/C21H30N4O3S/c1-3-5-14(2)15-7-9-16(10-8-15)23-18(26)11-12-22-20(27)21-24-19(25-28-21)17-6-4-13-29-17/h4,6,13-16H,3,5,7-12H2,1-2H3,(H,22,27)(H,23,26). The number of hydrogen-bond acceptors (Lipinski definition) is 6. The average molecular weight is 419 g/mol. The minimum Gasteiger partial charge on any atom is -0.353 e. The molecule has 2 heterocycles. The van der Waals surface area contributed by atoms with Crippen molar-refractivity contribution in [1.82, 2.24) is 20.8 Å². The molecule has 1 saturated carbocycles. The van der Waals surface area contributed by atoms with Gasteiger partial charge in [-0.05, 0) is 49.0 Å². The highest BCUT2D eigenvalue weighted by Gasteiger charge is 2.25. The van der Waals surface area contributed by atoms with Crippen LogP contribution in [0.1, 0.15) is 69.5 Å². The Morgan fingerprint density at radius 1 is 1.31 bits per heavy atom. The number of aromatic nitrogens is 2. The first-order chi connectivity index (χ1) is 14.1. The van der Waals surface area contributed by atoms with Gasteiger partial charge in [-0.3, -0.25) is 9.59 Å². The fraction of sp³-hybridized carbons (Fsp3) is 0.619. The lowest BCUT2D eigenvalue weighted by molar-refractivity contribution is -0.121. The zero-order valence-electron chi connectivity index (χ0n) is 17.1. The van der Waals surface area contributed by atoms with Gasteiger partial charge >= 0.3 is 11.8 Å². The lowest BCUT2D eigenvalue weighted by atomic mass is 9.77. The van der Waals surface area contributed by atoms with Crippen molar-refractivity contribution in [3.63, 3.8) is 0 Å². The molecule has 3 rings (SSSR count). The van der Waals surface area contributed by atoms with E-state index in [9.17, 15) is 9.59 Å². The Morgan fingerprint density at radius 3 is 2.79 bits per heavy atom. The molecule has 2 amide bonds. The predicted octanol–water partition coefficient (Wildman–Crippen LogP) is 4.03. The normalized spacial score (nSPS) is 20.2. The molecular formula is C21H30N4O3S. The van der Waals surface area contributed by atoms with Gasteiger partial charge in [0.1, 0.15) is 0 Å². The first-order valence-electron chi connectivity index (χ1n) is 10.5. The second-order valence-electron chi connectivity index (χ2n) is 7.85. The van der Waals surface area contributed by atoms with Crippen LogP contribution >= 0.6 is 11.3 Å². The van der Waals surface area contributed by atoms with Gasteiger partial charge in [-0.25, -0.2) is 0 Å². The van der Waals surface area contributed by atoms with E-state index in [-0.39, 0.29) is 30.8 Å². The number of nitrogens with zero attached hydrogens (tertiary/aromatic N) is 2. The molecule has 2 aromatic heterocycles. The monoisotopic (exact) mass is 418 g/mol. The van der Waals surface area contributed by atoms with E-state index in [4.69, 9.17) is 4.52 Å². The first-order valence-corrected chi connectivity index (χ1v) is 11.4. The van der Waals surface area contributed by atoms with Crippen LogP contribution in [-0.2, 0) is 4.79 Å². The molecule has 7 nitrogen and oxygen atoms in total. The summed E-state index contributed by atoms with van der Waals surface area (Å²) < 4.78 is 5.01. The van der Waals surface area contributed by atoms with Gasteiger partial charge in [0.25, 0.3) is 0 Å². The smallest absolute Gasteiger partial charge is 0.316 e. The topological polar surface area (TPSA) is 97.1 Å². The van der Waals surface area contributed by atoms with E-state index in [1.54, 1.807) is 0 Å². The third kappa shape index (κ3) is 6.13. The lowest BCUT2D eigenvalue weighted by Crippen LogP contribution is -2.39. The highest BCUT2D eigenvalue weighted by molar-refractivity contribution is 7.13. The molecule has 8 heteroatoms. The van der Waals surface area contributed by atoms with Gasteiger partial charge in [0, 0.05) is 19.0 Å². The minimum atomic E-state index is -0.460. The second kappa shape index (κ2) is 10.5. The van der Waals surface area contributed by atoms with Gasteiger partial charge in [-0.15, -0.1) is 11.3 Å². The maximum atomic E-state index is 12.2. The van der Waals surface area contributed by atoms with E-state index in [1.165, 1.54) is 37.0 Å². The molecule has 29 heavy (non-hydrogen) atoms. The maximum absolute atomic E-state index is 12.2. The van der Waals surface area contributed by atoms with Gasteiger partial charge in [0.05, 0.1) is 4.88 Å². The molecule has 1 aliphatic carbocycles. The molecule has 2 N–H and O–H groups in total. The van der Waals surface area contributed by atoms with Crippen LogP contribution in [0.25, 0.3) is 10.7 Å². The van der Waals surface area contributed by atoms with Gasteiger partial charge < -0.3 is 15.2 Å². The highest BCUT2D eigenvalue weighted by atomic mass is 32.1. The summed E-state index contributed by atoms with van der Waals surface area (Å²) in [6.07, 6.45) is 7.23. The van der Waals surface area contributed by atoms with Crippen molar-refractivity contribution in [1.29, 1.82) is 0 Å². The minimum absolute atomic E-state index is 0.0276. The number of rotatable bonds is 9. The number of carbonyl (C=O) groups excluding carboxylic acids is 2. The fourth-order valence-electron chi connectivity index (χ4n) is 4.01. The molecule has 158 valence electrons. The zero-order chi connectivity index (χ0) is 20.6. The Morgan fingerprint density at radius 2 is 2.10 bits per heavy atom. The Balaban J connectivity index is 1.34. The average Bonchev–Trinajstić information content (AvgIpc) is 3.40. The van der Waals surface area contributed by atoms with Crippen molar-refractivity contribution in [2.45, 2.75) is 64.8 Å². The summed E-state index contributed by atoms with van der Waals surface area (Å²) in [5.74, 6) is 1.38. The van der Waals surface area contributed by atoms with Gasteiger partial charge in [0.15, 0.2) is 0 Å². The number of amides is 2. The summed E-state index contributed by atoms with van der Waals surface area (Å²) >= 11 is 1.47. The summed E-state index contributed by atoms with van der Waals surface area (Å²) in [7, 11) is 0. The van der Waals surface area contributed by atoms with Crippen LogP contribution in [0.5, 0.6) is 0 Å². The van der Waals surface area contributed by atoms with E-state index in [1.807, 2.05) is 17.5 Å². The van der Waals surface area contributed by atoms with Gasteiger partial charge in [-0.2, -0.15) is 4.98 Å². The van der Waals surface area contributed by atoms with Crippen LogP contribution in [0.3, 0.4) is 0 Å². The molecule has 0 bridgehead atoms. The predicted molar refractivity (Wildman–Crippen MR) is 113 cm³/mol. The van der Waals surface area contributed by atoms with Crippen LogP contribution in [0.2, 0.25) is 0 Å². The van der Waals surface area contributed by atoms with Crippen LogP contribution in [-0.4, -0.2) is 34.5 Å². The number of hydrogen-bond donors (Lipinski definition) is 2. The number of nitrogens with one attached hydrogen (secondary N) is 2. The molecule has 0 spiro atoms. The van der Waals surface area contributed by atoms with E-state index in [0.29, 0.717) is 5.82 Å². The van der Waals surface area contributed by atoms with Crippen LogP contribution in [0.15, 0.2) is 22.0 Å². The first kappa shape index (κ1) is 21.5. The van der Waals surface area contributed by atoms with E-state index >= 15 is 0 Å². The maximum Gasteiger partial charge on any atom is 0.316 e. The molecular weight excluding hydrogens is 388 g/mol. The van der Waals surface area contributed by atoms with Crippen molar-refractivity contribution in [2.24, 2.45) is 11.8 Å². The Hall–Kier alpha value is -2.22. The Kier molecular flexibility index (Phi) is 7.80. The highest BCUT2D eigenvalue weighted by Crippen LogP contribution is 2.32. The molecule has 1 aliphatic rings. The fourth-order valence-corrected chi connectivity index (χ4v) is 4.66. The molecule has 1 fully saturated rings.